The molecule has 1 amide bonds. The zero-order valence-electron chi connectivity index (χ0n) is 19.5. The van der Waals surface area contributed by atoms with Gasteiger partial charge < -0.3 is 4.74 Å². The van der Waals surface area contributed by atoms with Crippen molar-refractivity contribution in [3.05, 3.63) is 75.3 Å². The van der Waals surface area contributed by atoms with E-state index in [1.807, 2.05) is 50.4 Å². The molecule has 0 bridgehead atoms. The zero-order valence-corrected chi connectivity index (χ0v) is 21.1. The molecule has 0 radical (unpaired) electrons. The molecule has 35 heavy (non-hydrogen) atoms. The third-order valence-electron chi connectivity index (χ3n) is 5.63. The Hall–Kier alpha value is -3.50. The first-order chi connectivity index (χ1) is 16.8. The van der Waals surface area contributed by atoms with Crippen LogP contribution in [0.1, 0.15) is 32.8 Å². The van der Waals surface area contributed by atoms with E-state index >= 15 is 0 Å². The van der Waals surface area contributed by atoms with Gasteiger partial charge in [0.15, 0.2) is 5.75 Å². The Morgan fingerprint density at radius 1 is 1.23 bits per heavy atom. The van der Waals surface area contributed by atoms with Crippen LogP contribution in [0.2, 0.25) is 0 Å². The summed E-state index contributed by atoms with van der Waals surface area (Å²) in [5.41, 5.74) is 2.37. The molecular weight excluding hydrogens is 484 g/mol. The summed E-state index contributed by atoms with van der Waals surface area (Å²) in [4.78, 5) is 26.5. The van der Waals surface area contributed by atoms with Gasteiger partial charge >= 0.3 is 5.69 Å². The van der Waals surface area contributed by atoms with Gasteiger partial charge in [-0.1, -0.05) is 49.1 Å². The number of nitrogens with zero attached hydrogens (tertiary/aromatic N) is 4. The molecule has 1 aliphatic heterocycles. The van der Waals surface area contributed by atoms with E-state index in [-0.39, 0.29) is 23.4 Å². The van der Waals surface area contributed by atoms with Crippen molar-refractivity contribution in [3.8, 4) is 22.7 Å². The molecule has 1 aliphatic rings. The summed E-state index contributed by atoms with van der Waals surface area (Å²) in [6.07, 6.45) is 4.35. The molecule has 1 atom stereocenters. The molecule has 1 saturated heterocycles. The third kappa shape index (κ3) is 4.98. The molecule has 0 spiro atoms. The number of hydrogen-bond donors (Lipinski definition) is 0. The average molecular weight is 509 g/mol. The number of rotatable bonds is 8. The largest absolute Gasteiger partial charge is 0.487 e. The molecule has 8 nitrogen and oxygen atoms in total. The number of benzene rings is 2. The van der Waals surface area contributed by atoms with Gasteiger partial charge in [0.05, 0.1) is 22.1 Å². The number of nitro groups is 1. The van der Waals surface area contributed by atoms with E-state index in [4.69, 9.17) is 22.1 Å². The minimum Gasteiger partial charge on any atom is -0.487 e. The summed E-state index contributed by atoms with van der Waals surface area (Å²) >= 11 is 6.71. The van der Waals surface area contributed by atoms with Crippen LogP contribution >= 0.6 is 24.0 Å². The lowest BCUT2D eigenvalue weighted by molar-refractivity contribution is -0.385. The van der Waals surface area contributed by atoms with Crippen LogP contribution in [0.3, 0.4) is 0 Å². The predicted molar refractivity (Wildman–Crippen MR) is 142 cm³/mol. The number of carbonyl (C=O) groups excluding carboxylic acids is 1. The van der Waals surface area contributed by atoms with Crippen molar-refractivity contribution >= 4 is 46.0 Å². The number of ether oxygens (including phenoxy) is 1. The van der Waals surface area contributed by atoms with Gasteiger partial charge in [-0.3, -0.25) is 19.8 Å². The average Bonchev–Trinajstić information content (AvgIpc) is 3.40. The number of carbonyl (C=O) groups is 1. The third-order valence-corrected chi connectivity index (χ3v) is 6.96. The molecular formula is C25H24N4O4S2. The highest BCUT2D eigenvalue weighted by Gasteiger charge is 2.35. The second-order valence-corrected chi connectivity index (χ2v) is 9.57. The molecule has 10 heteroatoms. The lowest BCUT2D eigenvalue weighted by Gasteiger charge is -2.21. The van der Waals surface area contributed by atoms with Crippen molar-refractivity contribution in [1.29, 1.82) is 0 Å². The standard InChI is InChI=1S/C25H24N4O4S2/c1-4-16(3)28-24(30)22(35-25(28)34)14-18-15-27(19-9-7-6-8-10-19)26-23(18)17-11-12-21(33-5-2)20(13-17)29(31)32/h6-16H,4-5H2,1-3H3/b22-14-/t16-/m1/s1. The van der Waals surface area contributed by atoms with Crippen molar-refractivity contribution in [1.82, 2.24) is 14.7 Å². The summed E-state index contributed by atoms with van der Waals surface area (Å²) < 4.78 is 7.64. The lowest BCUT2D eigenvalue weighted by Crippen LogP contribution is -2.36. The monoisotopic (exact) mass is 508 g/mol. The van der Waals surface area contributed by atoms with Gasteiger partial charge in [0.2, 0.25) is 0 Å². The van der Waals surface area contributed by atoms with E-state index in [1.54, 1.807) is 34.7 Å². The Kier molecular flexibility index (Phi) is 7.32. The molecule has 0 N–H and O–H groups in total. The van der Waals surface area contributed by atoms with E-state index in [2.05, 4.69) is 0 Å². The number of hydrogen-bond acceptors (Lipinski definition) is 7. The van der Waals surface area contributed by atoms with Gasteiger partial charge in [0.25, 0.3) is 5.91 Å². The van der Waals surface area contributed by atoms with Crippen LogP contribution in [0.4, 0.5) is 5.69 Å². The fourth-order valence-electron chi connectivity index (χ4n) is 3.70. The van der Waals surface area contributed by atoms with Gasteiger partial charge in [-0.05, 0) is 50.6 Å². The number of amides is 1. The molecule has 3 aromatic rings. The minimum atomic E-state index is -0.473. The molecule has 4 rings (SSSR count). The Labute approximate surface area is 212 Å². The smallest absolute Gasteiger partial charge is 0.311 e. The quantitative estimate of drug-likeness (QED) is 0.163. The first-order valence-electron chi connectivity index (χ1n) is 11.2. The highest BCUT2D eigenvalue weighted by Crippen LogP contribution is 2.38. The summed E-state index contributed by atoms with van der Waals surface area (Å²) in [7, 11) is 0. The van der Waals surface area contributed by atoms with Crippen molar-refractivity contribution < 1.29 is 14.5 Å². The highest BCUT2D eigenvalue weighted by molar-refractivity contribution is 8.26. The van der Waals surface area contributed by atoms with Crippen molar-refractivity contribution in [2.75, 3.05) is 6.61 Å². The summed E-state index contributed by atoms with van der Waals surface area (Å²) in [5, 5.41) is 16.4. The van der Waals surface area contributed by atoms with Gasteiger partial charge in [-0.15, -0.1) is 0 Å². The number of thioether (sulfide) groups is 1. The van der Waals surface area contributed by atoms with Crippen LogP contribution in [0.15, 0.2) is 59.6 Å². The molecule has 180 valence electrons. The van der Waals surface area contributed by atoms with Gasteiger partial charge in [-0.2, -0.15) is 5.10 Å². The van der Waals surface area contributed by atoms with Crippen LogP contribution in [-0.4, -0.2) is 42.5 Å². The zero-order chi connectivity index (χ0) is 25.1. The van der Waals surface area contributed by atoms with E-state index in [9.17, 15) is 14.9 Å². The molecule has 0 unspecified atom stereocenters. The first kappa shape index (κ1) is 24.6. The maximum Gasteiger partial charge on any atom is 0.311 e. The summed E-state index contributed by atoms with van der Waals surface area (Å²) in [6, 6.07) is 14.3. The topological polar surface area (TPSA) is 90.5 Å². The van der Waals surface area contributed by atoms with E-state index in [0.29, 0.717) is 32.7 Å². The van der Waals surface area contributed by atoms with Crippen LogP contribution in [0.5, 0.6) is 5.75 Å². The Bertz CT molecular complexity index is 1320. The number of nitro benzene ring substituents is 1. The molecule has 1 fully saturated rings. The normalized spacial score (nSPS) is 15.6. The molecule has 0 aliphatic carbocycles. The Morgan fingerprint density at radius 3 is 2.63 bits per heavy atom. The van der Waals surface area contributed by atoms with E-state index < -0.39 is 4.92 Å². The molecule has 2 heterocycles. The lowest BCUT2D eigenvalue weighted by atomic mass is 10.1. The van der Waals surface area contributed by atoms with Crippen molar-refractivity contribution in [2.45, 2.75) is 33.2 Å². The second-order valence-electron chi connectivity index (χ2n) is 7.89. The number of thiocarbonyl (C=S) groups is 1. The molecule has 1 aromatic heterocycles. The fourth-order valence-corrected chi connectivity index (χ4v) is 5.15. The summed E-state index contributed by atoms with van der Waals surface area (Å²) in [6.45, 7) is 6.05. The molecule has 2 aromatic carbocycles. The second kappa shape index (κ2) is 10.4. The van der Waals surface area contributed by atoms with Gasteiger partial charge in [0, 0.05) is 29.4 Å². The molecule has 0 saturated carbocycles. The van der Waals surface area contributed by atoms with Crippen LogP contribution in [0.25, 0.3) is 23.0 Å². The fraction of sp³-hybridized carbons (Fsp3) is 0.240. The Morgan fingerprint density at radius 2 is 1.97 bits per heavy atom. The predicted octanol–water partition coefficient (Wildman–Crippen LogP) is 5.85. The van der Waals surface area contributed by atoms with E-state index in [1.165, 1.54) is 17.8 Å². The van der Waals surface area contributed by atoms with Crippen LogP contribution < -0.4 is 4.74 Å². The van der Waals surface area contributed by atoms with Crippen molar-refractivity contribution in [2.24, 2.45) is 0 Å². The van der Waals surface area contributed by atoms with Gasteiger partial charge in [-0.25, -0.2) is 4.68 Å². The number of para-hydroxylation sites is 1. The summed E-state index contributed by atoms with van der Waals surface area (Å²) in [5.74, 6) is 0.0464. The first-order valence-corrected chi connectivity index (χ1v) is 12.4. The number of aromatic nitrogens is 2. The van der Waals surface area contributed by atoms with Crippen molar-refractivity contribution in [3.63, 3.8) is 0 Å². The van der Waals surface area contributed by atoms with E-state index in [0.717, 1.165) is 12.1 Å². The maximum atomic E-state index is 13.1. The minimum absolute atomic E-state index is 0.00586. The maximum absolute atomic E-state index is 13.1. The van der Waals surface area contributed by atoms with Gasteiger partial charge in [0.1, 0.15) is 10.0 Å². The van der Waals surface area contributed by atoms with Crippen LogP contribution in [0, 0.1) is 10.1 Å². The SMILES string of the molecule is CCOc1ccc(-c2nn(-c3ccccc3)cc2/C=C2\SC(=S)N([C@H](C)CC)C2=O)cc1[N+](=O)[O-]. The highest BCUT2D eigenvalue weighted by atomic mass is 32.2. The van der Waals surface area contributed by atoms with Crippen LogP contribution in [-0.2, 0) is 4.79 Å². The Balaban J connectivity index is 1.84.